The molecule has 1 aromatic rings. The molecule has 0 saturated carbocycles. The van der Waals surface area contributed by atoms with Crippen LogP contribution >= 0.6 is 0 Å². The van der Waals surface area contributed by atoms with Crippen molar-refractivity contribution in [3.8, 4) is 5.75 Å². The van der Waals surface area contributed by atoms with E-state index in [2.05, 4.69) is 5.32 Å². The molecule has 114 valence electrons. The van der Waals surface area contributed by atoms with Gasteiger partial charge >= 0.3 is 0 Å². The van der Waals surface area contributed by atoms with Gasteiger partial charge in [0.2, 0.25) is 0 Å². The number of rotatable bonds is 10. The normalized spacial score (nSPS) is 10.8. The fourth-order valence-corrected chi connectivity index (χ4v) is 1.70. The number of para-hydroxylation sites is 1. The van der Waals surface area contributed by atoms with E-state index in [1.54, 1.807) is 7.11 Å². The molecule has 0 aliphatic heterocycles. The molecular formula is C15H26N2O3. The topological polar surface area (TPSA) is 65.7 Å². The Morgan fingerprint density at radius 2 is 2.00 bits per heavy atom. The lowest BCUT2D eigenvalue weighted by Crippen LogP contribution is -2.11. The van der Waals surface area contributed by atoms with Gasteiger partial charge in [-0.3, -0.25) is 0 Å². The highest BCUT2D eigenvalue weighted by molar-refractivity contribution is 5.72. The molecular weight excluding hydrogens is 256 g/mol. The van der Waals surface area contributed by atoms with Gasteiger partial charge in [0.15, 0.2) is 0 Å². The van der Waals surface area contributed by atoms with Gasteiger partial charge in [-0.05, 0) is 32.4 Å². The molecule has 1 aromatic carbocycles. The zero-order valence-electron chi connectivity index (χ0n) is 12.6. The Kier molecular flexibility index (Phi) is 7.84. The molecule has 0 unspecified atom stereocenters. The van der Waals surface area contributed by atoms with Crippen LogP contribution in [0.25, 0.3) is 0 Å². The van der Waals surface area contributed by atoms with E-state index < -0.39 is 0 Å². The zero-order valence-corrected chi connectivity index (χ0v) is 12.6. The molecule has 20 heavy (non-hydrogen) atoms. The standard InChI is InChI=1S/C15H26N2O3/c1-12(2)20-14-7-4-6-13(15(14)16)17-8-5-9-19-11-10-18-3/h4,6-7,12,17H,5,8-11,16H2,1-3H3. The summed E-state index contributed by atoms with van der Waals surface area (Å²) in [5, 5.41) is 3.30. The lowest BCUT2D eigenvalue weighted by molar-refractivity contribution is 0.0705. The van der Waals surface area contributed by atoms with Gasteiger partial charge in [-0.2, -0.15) is 0 Å². The fraction of sp³-hybridized carbons (Fsp3) is 0.600. The lowest BCUT2D eigenvalue weighted by Gasteiger charge is -2.15. The second-order valence-corrected chi connectivity index (χ2v) is 4.77. The molecule has 0 aliphatic carbocycles. The minimum absolute atomic E-state index is 0.113. The Balaban J connectivity index is 2.33. The van der Waals surface area contributed by atoms with Crippen LogP contribution in [-0.2, 0) is 9.47 Å². The van der Waals surface area contributed by atoms with Crippen LogP contribution in [0.15, 0.2) is 18.2 Å². The molecule has 0 atom stereocenters. The van der Waals surface area contributed by atoms with E-state index in [1.165, 1.54) is 0 Å². The third-order valence-electron chi connectivity index (χ3n) is 2.64. The van der Waals surface area contributed by atoms with E-state index >= 15 is 0 Å². The average Bonchev–Trinajstić information content (AvgIpc) is 2.41. The third-order valence-corrected chi connectivity index (χ3v) is 2.64. The summed E-state index contributed by atoms with van der Waals surface area (Å²) in [4.78, 5) is 0. The number of ether oxygens (including phenoxy) is 3. The van der Waals surface area contributed by atoms with Crippen molar-refractivity contribution >= 4 is 11.4 Å². The van der Waals surface area contributed by atoms with Crippen LogP contribution in [0.2, 0.25) is 0 Å². The smallest absolute Gasteiger partial charge is 0.144 e. The molecule has 0 spiro atoms. The van der Waals surface area contributed by atoms with Gasteiger partial charge in [0.1, 0.15) is 5.75 Å². The lowest BCUT2D eigenvalue weighted by atomic mass is 10.2. The van der Waals surface area contributed by atoms with E-state index in [-0.39, 0.29) is 6.10 Å². The van der Waals surface area contributed by atoms with Crippen molar-refractivity contribution in [3.05, 3.63) is 18.2 Å². The van der Waals surface area contributed by atoms with Crippen molar-refractivity contribution in [1.29, 1.82) is 0 Å². The van der Waals surface area contributed by atoms with Crippen molar-refractivity contribution in [2.75, 3.05) is 44.5 Å². The summed E-state index contributed by atoms with van der Waals surface area (Å²) in [6.45, 7) is 6.75. The Labute approximate surface area is 121 Å². The van der Waals surface area contributed by atoms with Crippen molar-refractivity contribution in [2.45, 2.75) is 26.4 Å². The van der Waals surface area contributed by atoms with Gasteiger partial charge in [0, 0.05) is 20.3 Å². The Morgan fingerprint density at radius 1 is 1.20 bits per heavy atom. The Hall–Kier alpha value is -1.46. The first-order valence-corrected chi connectivity index (χ1v) is 7.01. The van der Waals surface area contributed by atoms with E-state index in [1.807, 2.05) is 32.0 Å². The molecule has 0 heterocycles. The van der Waals surface area contributed by atoms with E-state index in [0.29, 0.717) is 25.5 Å². The van der Waals surface area contributed by atoms with Gasteiger partial charge in [0.05, 0.1) is 30.7 Å². The summed E-state index contributed by atoms with van der Waals surface area (Å²) in [5.74, 6) is 0.723. The average molecular weight is 282 g/mol. The summed E-state index contributed by atoms with van der Waals surface area (Å²) in [6.07, 6.45) is 1.03. The number of anilines is 2. The molecule has 0 bridgehead atoms. The first kappa shape index (κ1) is 16.6. The predicted octanol–water partition coefficient (Wildman–Crippen LogP) is 2.52. The highest BCUT2D eigenvalue weighted by atomic mass is 16.5. The zero-order chi connectivity index (χ0) is 14.8. The minimum Gasteiger partial charge on any atom is -0.489 e. The quantitative estimate of drug-likeness (QED) is 0.510. The maximum atomic E-state index is 6.08. The fourth-order valence-electron chi connectivity index (χ4n) is 1.70. The second kappa shape index (κ2) is 9.44. The third kappa shape index (κ3) is 6.12. The number of methoxy groups -OCH3 is 1. The highest BCUT2D eigenvalue weighted by Crippen LogP contribution is 2.29. The number of hydrogen-bond donors (Lipinski definition) is 2. The first-order valence-electron chi connectivity index (χ1n) is 7.01. The Bertz CT molecular complexity index is 383. The summed E-state index contributed by atoms with van der Waals surface area (Å²) in [5.41, 5.74) is 7.63. The van der Waals surface area contributed by atoms with Gasteiger partial charge < -0.3 is 25.3 Å². The van der Waals surface area contributed by atoms with E-state index in [4.69, 9.17) is 19.9 Å². The predicted molar refractivity (Wildman–Crippen MR) is 82.4 cm³/mol. The van der Waals surface area contributed by atoms with E-state index in [9.17, 15) is 0 Å². The van der Waals surface area contributed by atoms with Crippen LogP contribution in [0.3, 0.4) is 0 Å². The second-order valence-electron chi connectivity index (χ2n) is 4.77. The summed E-state index contributed by atoms with van der Waals surface area (Å²) < 4.78 is 16.0. The van der Waals surface area contributed by atoms with Crippen LogP contribution in [0, 0.1) is 0 Å². The number of nitrogens with two attached hydrogens (primary N) is 1. The van der Waals surface area contributed by atoms with E-state index in [0.717, 1.165) is 24.4 Å². The van der Waals surface area contributed by atoms with Crippen molar-refractivity contribution in [1.82, 2.24) is 0 Å². The van der Waals surface area contributed by atoms with Crippen LogP contribution in [-0.4, -0.2) is 39.6 Å². The summed E-state index contributed by atoms with van der Waals surface area (Å²) in [6, 6.07) is 5.77. The monoisotopic (exact) mass is 282 g/mol. The molecule has 3 N–H and O–H groups in total. The SMILES string of the molecule is COCCOCCCNc1cccc(OC(C)C)c1N. The van der Waals surface area contributed by atoms with Gasteiger partial charge in [-0.15, -0.1) is 0 Å². The van der Waals surface area contributed by atoms with Crippen LogP contribution in [0.4, 0.5) is 11.4 Å². The number of nitrogen functional groups attached to an aromatic ring is 1. The van der Waals surface area contributed by atoms with Crippen molar-refractivity contribution < 1.29 is 14.2 Å². The van der Waals surface area contributed by atoms with Crippen LogP contribution in [0.5, 0.6) is 5.75 Å². The van der Waals surface area contributed by atoms with Crippen molar-refractivity contribution in [3.63, 3.8) is 0 Å². The molecule has 0 saturated heterocycles. The number of benzene rings is 1. The molecule has 5 nitrogen and oxygen atoms in total. The van der Waals surface area contributed by atoms with Crippen LogP contribution in [0.1, 0.15) is 20.3 Å². The first-order chi connectivity index (χ1) is 9.65. The maximum absolute atomic E-state index is 6.08. The molecule has 1 rings (SSSR count). The molecule has 0 aliphatic rings. The van der Waals surface area contributed by atoms with Crippen LogP contribution < -0.4 is 15.8 Å². The van der Waals surface area contributed by atoms with Gasteiger partial charge in [0.25, 0.3) is 0 Å². The Morgan fingerprint density at radius 3 is 2.70 bits per heavy atom. The maximum Gasteiger partial charge on any atom is 0.144 e. The minimum atomic E-state index is 0.113. The number of nitrogens with one attached hydrogen (secondary N) is 1. The van der Waals surface area contributed by atoms with Crippen molar-refractivity contribution in [2.24, 2.45) is 0 Å². The molecule has 0 fully saturated rings. The largest absolute Gasteiger partial charge is 0.489 e. The van der Waals surface area contributed by atoms with Gasteiger partial charge in [-0.25, -0.2) is 0 Å². The summed E-state index contributed by atoms with van der Waals surface area (Å²) in [7, 11) is 1.67. The van der Waals surface area contributed by atoms with Gasteiger partial charge in [-0.1, -0.05) is 6.07 Å². The molecule has 0 amide bonds. The number of hydrogen-bond acceptors (Lipinski definition) is 5. The summed E-state index contributed by atoms with van der Waals surface area (Å²) >= 11 is 0. The molecule has 5 heteroatoms. The molecule has 0 aromatic heterocycles. The highest BCUT2D eigenvalue weighted by Gasteiger charge is 2.06. The molecule has 0 radical (unpaired) electrons.